The standard InChI is InChI=1S/C24H27N5O4S/c30-34(31,23-8-6-22(7-9-23)33-21-4-2-1-3-5-21)29-12-10-28(11-13-29)24-18-20(19-25-26-24)27-14-16-32-17-15-27/h1-9,18-19H,10-17H2. The summed E-state index contributed by atoms with van der Waals surface area (Å²) in [4.78, 5) is 4.57. The number of hydrogen-bond donors (Lipinski definition) is 0. The Balaban J connectivity index is 1.22. The van der Waals surface area contributed by atoms with E-state index in [-0.39, 0.29) is 4.90 Å². The summed E-state index contributed by atoms with van der Waals surface area (Å²) in [6.07, 6.45) is 1.76. The Morgan fingerprint density at radius 2 is 1.47 bits per heavy atom. The Morgan fingerprint density at radius 3 is 2.18 bits per heavy atom. The molecule has 2 fully saturated rings. The highest BCUT2D eigenvalue weighted by Crippen LogP contribution is 2.26. The van der Waals surface area contributed by atoms with Crippen LogP contribution in [-0.4, -0.2) is 75.4 Å². The van der Waals surface area contributed by atoms with Gasteiger partial charge in [-0.25, -0.2) is 8.42 Å². The molecule has 9 nitrogen and oxygen atoms in total. The van der Waals surface area contributed by atoms with Crippen molar-refractivity contribution in [2.24, 2.45) is 0 Å². The van der Waals surface area contributed by atoms with Crippen LogP contribution in [-0.2, 0) is 14.8 Å². The average Bonchev–Trinajstić information content (AvgIpc) is 2.90. The van der Waals surface area contributed by atoms with Crippen LogP contribution in [0.25, 0.3) is 0 Å². The molecule has 0 bridgehead atoms. The molecule has 2 saturated heterocycles. The largest absolute Gasteiger partial charge is 0.457 e. The van der Waals surface area contributed by atoms with E-state index in [1.807, 2.05) is 36.4 Å². The van der Waals surface area contributed by atoms with Crippen molar-refractivity contribution in [3.8, 4) is 11.5 Å². The first-order chi connectivity index (χ1) is 16.6. The van der Waals surface area contributed by atoms with E-state index in [0.717, 1.165) is 24.6 Å². The summed E-state index contributed by atoms with van der Waals surface area (Å²) in [7, 11) is -3.59. The normalized spacial score (nSPS) is 17.5. The second kappa shape index (κ2) is 9.96. The zero-order valence-electron chi connectivity index (χ0n) is 18.8. The fourth-order valence-corrected chi connectivity index (χ4v) is 5.53. The fourth-order valence-electron chi connectivity index (χ4n) is 4.11. The fraction of sp³-hybridized carbons (Fsp3) is 0.333. The molecular weight excluding hydrogens is 454 g/mol. The van der Waals surface area contributed by atoms with Crippen LogP contribution in [0.15, 0.2) is 71.8 Å². The minimum absolute atomic E-state index is 0.260. The average molecular weight is 482 g/mol. The minimum atomic E-state index is -3.59. The van der Waals surface area contributed by atoms with E-state index < -0.39 is 10.0 Å². The zero-order chi connectivity index (χ0) is 23.4. The van der Waals surface area contributed by atoms with Gasteiger partial charge in [-0.2, -0.15) is 9.40 Å². The van der Waals surface area contributed by atoms with Crippen molar-refractivity contribution in [2.45, 2.75) is 4.90 Å². The van der Waals surface area contributed by atoms with Gasteiger partial charge in [0, 0.05) is 45.3 Å². The first-order valence-electron chi connectivity index (χ1n) is 11.3. The maximum atomic E-state index is 13.2. The van der Waals surface area contributed by atoms with Crippen LogP contribution in [0.1, 0.15) is 0 Å². The van der Waals surface area contributed by atoms with Crippen molar-refractivity contribution in [2.75, 3.05) is 62.3 Å². The van der Waals surface area contributed by atoms with Gasteiger partial charge in [0.2, 0.25) is 10.0 Å². The number of hydrogen-bond acceptors (Lipinski definition) is 8. The van der Waals surface area contributed by atoms with Gasteiger partial charge in [0.25, 0.3) is 0 Å². The van der Waals surface area contributed by atoms with Crippen LogP contribution in [0.2, 0.25) is 0 Å². The SMILES string of the molecule is O=S(=O)(c1ccc(Oc2ccccc2)cc1)N1CCN(c2cc(N3CCOCC3)cnn2)CC1. The van der Waals surface area contributed by atoms with Gasteiger partial charge < -0.3 is 19.3 Å². The van der Waals surface area contributed by atoms with Crippen molar-refractivity contribution >= 4 is 21.5 Å². The van der Waals surface area contributed by atoms with E-state index in [9.17, 15) is 8.42 Å². The summed E-state index contributed by atoms with van der Waals surface area (Å²) < 4.78 is 39.1. The minimum Gasteiger partial charge on any atom is -0.457 e. The molecule has 0 saturated carbocycles. The van der Waals surface area contributed by atoms with E-state index >= 15 is 0 Å². The number of ether oxygens (including phenoxy) is 2. The van der Waals surface area contributed by atoms with Crippen LogP contribution in [0.5, 0.6) is 11.5 Å². The quantitative estimate of drug-likeness (QED) is 0.531. The summed E-state index contributed by atoms with van der Waals surface area (Å²) in [5.74, 6) is 2.06. The molecule has 2 aliphatic heterocycles. The molecular formula is C24H27N5O4S. The third-order valence-corrected chi connectivity index (χ3v) is 7.92. The van der Waals surface area contributed by atoms with Gasteiger partial charge in [-0.15, -0.1) is 5.10 Å². The number of nitrogens with zero attached hydrogens (tertiary/aromatic N) is 5. The number of rotatable bonds is 6. The third-order valence-electron chi connectivity index (χ3n) is 6.01. The van der Waals surface area contributed by atoms with Gasteiger partial charge >= 0.3 is 0 Å². The highest BCUT2D eigenvalue weighted by Gasteiger charge is 2.29. The summed E-state index contributed by atoms with van der Waals surface area (Å²) >= 11 is 0. The van der Waals surface area contributed by atoms with Crippen molar-refractivity contribution in [3.05, 3.63) is 66.9 Å². The van der Waals surface area contributed by atoms with Crippen LogP contribution >= 0.6 is 0 Å². The van der Waals surface area contributed by atoms with Crippen molar-refractivity contribution < 1.29 is 17.9 Å². The molecule has 0 radical (unpaired) electrons. The smallest absolute Gasteiger partial charge is 0.243 e. The monoisotopic (exact) mass is 481 g/mol. The maximum Gasteiger partial charge on any atom is 0.243 e. The third kappa shape index (κ3) is 4.98. The predicted molar refractivity (Wildman–Crippen MR) is 129 cm³/mol. The van der Waals surface area contributed by atoms with Crippen LogP contribution in [0.4, 0.5) is 11.5 Å². The molecule has 0 N–H and O–H groups in total. The molecule has 0 atom stereocenters. The summed E-state index contributed by atoms with van der Waals surface area (Å²) in [6.45, 7) is 4.92. The predicted octanol–water partition coefficient (Wildman–Crippen LogP) is 2.62. The molecule has 5 rings (SSSR count). The Kier molecular flexibility index (Phi) is 6.61. The van der Waals surface area contributed by atoms with Gasteiger partial charge in [0.15, 0.2) is 5.82 Å². The molecule has 34 heavy (non-hydrogen) atoms. The van der Waals surface area contributed by atoms with E-state index in [1.54, 1.807) is 30.5 Å². The molecule has 10 heteroatoms. The molecule has 1 aromatic heterocycles. The summed E-state index contributed by atoms with van der Waals surface area (Å²) in [5.41, 5.74) is 1.01. The molecule has 0 unspecified atom stereocenters. The molecule has 178 valence electrons. The molecule has 0 spiro atoms. The molecule has 0 aliphatic carbocycles. The summed E-state index contributed by atoms with van der Waals surface area (Å²) in [5, 5.41) is 8.45. The van der Waals surface area contributed by atoms with Gasteiger partial charge in [-0.1, -0.05) is 18.2 Å². The Hall–Kier alpha value is -3.21. The van der Waals surface area contributed by atoms with Gasteiger partial charge in [-0.3, -0.25) is 0 Å². The lowest BCUT2D eigenvalue weighted by atomic mass is 10.3. The highest BCUT2D eigenvalue weighted by atomic mass is 32.2. The molecule has 3 aromatic rings. The van der Waals surface area contributed by atoms with Crippen LogP contribution in [0.3, 0.4) is 0 Å². The first kappa shape index (κ1) is 22.6. The van der Waals surface area contributed by atoms with Crippen LogP contribution < -0.4 is 14.5 Å². The van der Waals surface area contributed by atoms with E-state index in [0.29, 0.717) is 50.9 Å². The van der Waals surface area contributed by atoms with E-state index in [2.05, 4.69) is 20.0 Å². The Morgan fingerprint density at radius 1 is 0.794 bits per heavy atom. The summed E-state index contributed by atoms with van der Waals surface area (Å²) in [6, 6.07) is 18.0. The number of benzene rings is 2. The number of piperazine rings is 1. The second-order valence-electron chi connectivity index (χ2n) is 8.15. The topological polar surface area (TPSA) is 88.1 Å². The first-order valence-corrected chi connectivity index (χ1v) is 12.8. The number of aromatic nitrogens is 2. The Bertz CT molecular complexity index is 1190. The van der Waals surface area contributed by atoms with E-state index in [1.165, 1.54) is 4.31 Å². The van der Waals surface area contributed by atoms with Crippen molar-refractivity contribution in [1.29, 1.82) is 0 Å². The number of morpholine rings is 1. The molecule has 2 aromatic carbocycles. The number of anilines is 2. The second-order valence-corrected chi connectivity index (χ2v) is 10.1. The molecule has 0 amide bonds. The highest BCUT2D eigenvalue weighted by molar-refractivity contribution is 7.89. The van der Waals surface area contributed by atoms with Crippen LogP contribution in [0, 0.1) is 0 Å². The van der Waals surface area contributed by atoms with Gasteiger partial charge in [-0.05, 0) is 36.4 Å². The zero-order valence-corrected chi connectivity index (χ0v) is 19.6. The lowest BCUT2D eigenvalue weighted by Crippen LogP contribution is -2.49. The van der Waals surface area contributed by atoms with Gasteiger partial charge in [0.1, 0.15) is 11.5 Å². The molecule has 2 aliphatic rings. The van der Waals surface area contributed by atoms with Crippen molar-refractivity contribution in [1.82, 2.24) is 14.5 Å². The lowest BCUT2D eigenvalue weighted by molar-refractivity contribution is 0.122. The van der Waals surface area contributed by atoms with E-state index in [4.69, 9.17) is 9.47 Å². The Labute approximate surface area is 199 Å². The lowest BCUT2D eigenvalue weighted by Gasteiger charge is -2.35. The van der Waals surface area contributed by atoms with Crippen molar-refractivity contribution in [3.63, 3.8) is 0 Å². The molecule has 3 heterocycles. The number of sulfonamides is 1. The van der Waals surface area contributed by atoms with Gasteiger partial charge in [0.05, 0.1) is 30.0 Å². The number of para-hydroxylation sites is 1. The maximum absolute atomic E-state index is 13.2.